The van der Waals surface area contributed by atoms with E-state index in [9.17, 15) is 24.3 Å². The summed E-state index contributed by atoms with van der Waals surface area (Å²) < 4.78 is 5.32. The van der Waals surface area contributed by atoms with Crippen LogP contribution in [0.2, 0.25) is 0 Å². The third kappa shape index (κ3) is 8.82. The predicted molar refractivity (Wildman–Crippen MR) is 157 cm³/mol. The maximum absolute atomic E-state index is 14.0. The SMILES string of the molecule is C=CCN(C(=O)C(CCC(N)=O)NC(=O)OC(C)(C)C)C(C(=O)Nc1ccc2ccccc2c1)c1ccc(O)cc1. The summed E-state index contributed by atoms with van der Waals surface area (Å²) in [7, 11) is 0. The zero-order chi connectivity index (χ0) is 30.2. The van der Waals surface area contributed by atoms with Crippen LogP contribution in [0, 0.1) is 0 Å². The number of phenolic OH excluding ortho intramolecular Hbond substituents is 1. The summed E-state index contributed by atoms with van der Waals surface area (Å²) >= 11 is 0. The largest absolute Gasteiger partial charge is 0.508 e. The van der Waals surface area contributed by atoms with E-state index < -0.39 is 41.5 Å². The van der Waals surface area contributed by atoms with Crippen LogP contribution in [0.5, 0.6) is 5.75 Å². The molecule has 10 heteroatoms. The number of phenols is 1. The highest BCUT2D eigenvalue weighted by atomic mass is 16.6. The Balaban J connectivity index is 2.00. The van der Waals surface area contributed by atoms with E-state index >= 15 is 0 Å². The minimum atomic E-state index is -1.23. The molecule has 3 aromatic rings. The summed E-state index contributed by atoms with van der Waals surface area (Å²) in [6, 6.07) is 16.6. The first-order valence-electron chi connectivity index (χ1n) is 13.2. The Bertz CT molecular complexity index is 1410. The Morgan fingerprint density at radius 1 is 1.02 bits per heavy atom. The van der Waals surface area contributed by atoms with Crippen LogP contribution < -0.4 is 16.4 Å². The summed E-state index contributed by atoms with van der Waals surface area (Å²) in [5.74, 6) is -1.86. The molecule has 0 spiro atoms. The molecule has 10 nitrogen and oxygen atoms in total. The number of benzene rings is 3. The van der Waals surface area contributed by atoms with Gasteiger partial charge in [0, 0.05) is 18.7 Å². The summed E-state index contributed by atoms with van der Waals surface area (Å²) in [4.78, 5) is 53.3. The van der Waals surface area contributed by atoms with Crippen LogP contribution in [0.25, 0.3) is 10.8 Å². The van der Waals surface area contributed by atoms with E-state index in [4.69, 9.17) is 10.5 Å². The van der Waals surface area contributed by atoms with Gasteiger partial charge in [-0.1, -0.05) is 48.5 Å². The van der Waals surface area contributed by atoms with Crippen molar-refractivity contribution in [2.45, 2.75) is 51.3 Å². The number of aromatic hydroxyl groups is 1. The molecular formula is C31H36N4O6. The summed E-state index contributed by atoms with van der Waals surface area (Å²) in [5.41, 5.74) is 5.42. The zero-order valence-electron chi connectivity index (χ0n) is 23.4. The summed E-state index contributed by atoms with van der Waals surface area (Å²) in [5, 5.41) is 17.2. The van der Waals surface area contributed by atoms with Gasteiger partial charge < -0.3 is 31.1 Å². The first-order chi connectivity index (χ1) is 19.4. The number of carbonyl (C=O) groups is 4. The molecule has 0 aromatic heterocycles. The van der Waals surface area contributed by atoms with Gasteiger partial charge >= 0.3 is 6.09 Å². The van der Waals surface area contributed by atoms with Gasteiger partial charge in [-0.2, -0.15) is 0 Å². The number of anilines is 1. The van der Waals surface area contributed by atoms with Crippen LogP contribution in [-0.4, -0.2) is 52.0 Å². The van der Waals surface area contributed by atoms with Crippen molar-refractivity contribution in [3.8, 4) is 5.75 Å². The Labute approximate surface area is 239 Å². The van der Waals surface area contributed by atoms with Gasteiger partial charge in [0.25, 0.3) is 5.91 Å². The molecule has 0 bridgehead atoms. The van der Waals surface area contributed by atoms with Gasteiger partial charge in [0.2, 0.25) is 11.8 Å². The van der Waals surface area contributed by atoms with Crippen molar-refractivity contribution in [3.05, 3.63) is 84.9 Å². The Hall–Kier alpha value is -4.86. The predicted octanol–water partition coefficient (Wildman–Crippen LogP) is 4.40. The number of nitrogens with zero attached hydrogens (tertiary/aromatic N) is 1. The number of primary amides is 1. The fraction of sp³-hybridized carbons (Fsp3) is 0.290. The number of amides is 4. The standard InChI is InChI=1S/C31H36N4O6/c1-5-18-35(29(39)25(16-17-26(32)37)34-30(40)41-31(2,3)4)27(21-11-14-24(36)15-12-21)28(38)33-23-13-10-20-8-6-7-9-22(20)19-23/h5-15,19,25,27,36H,1,16-18H2,2-4H3,(H2,32,37)(H,33,38)(H,34,40). The van der Waals surface area contributed by atoms with E-state index in [0.717, 1.165) is 10.8 Å². The van der Waals surface area contributed by atoms with Crippen molar-refractivity contribution in [2.24, 2.45) is 5.73 Å². The fourth-order valence-electron chi connectivity index (χ4n) is 4.26. The lowest BCUT2D eigenvalue weighted by molar-refractivity contribution is -0.140. The molecule has 3 aromatic carbocycles. The molecule has 0 aliphatic carbocycles. The van der Waals surface area contributed by atoms with Gasteiger partial charge in [-0.25, -0.2) is 4.79 Å². The van der Waals surface area contributed by atoms with Crippen molar-refractivity contribution in [1.29, 1.82) is 0 Å². The Kier molecular flexibility index (Phi) is 10.1. The van der Waals surface area contributed by atoms with E-state index in [1.165, 1.54) is 35.2 Å². The van der Waals surface area contributed by atoms with Crippen LogP contribution >= 0.6 is 0 Å². The molecule has 4 amide bonds. The molecule has 2 unspecified atom stereocenters. The van der Waals surface area contributed by atoms with Crippen molar-refractivity contribution in [2.75, 3.05) is 11.9 Å². The minimum Gasteiger partial charge on any atom is -0.508 e. The van der Waals surface area contributed by atoms with Crippen LogP contribution in [0.3, 0.4) is 0 Å². The summed E-state index contributed by atoms with van der Waals surface area (Å²) in [6.45, 7) is 8.70. The number of hydrogen-bond acceptors (Lipinski definition) is 6. The van der Waals surface area contributed by atoms with Gasteiger partial charge in [-0.15, -0.1) is 6.58 Å². The monoisotopic (exact) mass is 560 g/mol. The van der Waals surface area contributed by atoms with Crippen LogP contribution in [0.4, 0.5) is 10.5 Å². The zero-order valence-corrected chi connectivity index (χ0v) is 23.4. The molecule has 0 aliphatic heterocycles. The van der Waals surface area contributed by atoms with Crippen LogP contribution in [0.15, 0.2) is 79.4 Å². The molecule has 0 radical (unpaired) electrons. The van der Waals surface area contributed by atoms with Crippen LogP contribution in [0.1, 0.15) is 45.2 Å². The smallest absolute Gasteiger partial charge is 0.408 e. The van der Waals surface area contributed by atoms with Crippen molar-refractivity contribution >= 4 is 40.3 Å². The third-order valence-electron chi connectivity index (χ3n) is 6.06. The van der Waals surface area contributed by atoms with E-state index in [2.05, 4.69) is 17.2 Å². The second-order valence-electron chi connectivity index (χ2n) is 10.5. The number of hydrogen-bond donors (Lipinski definition) is 4. The molecule has 41 heavy (non-hydrogen) atoms. The van der Waals surface area contributed by atoms with E-state index in [1.54, 1.807) is 26.8 Å². The number of ether oxygens (including phenoxy) is 1. The summed E-state index contributed by atoms with van der Waals surface area (Å²) in [6.07, 6.45) is 0.283. The highest BCUT2D eigenvalue weighted by molar-refractivity contribution is 6.00. The Morgan fingerprint density at radius 2 is 1.68 bits per heavy atom. The molecule has 0 saturated heterocycles. The third-order valence-corrected chi connectivity index (χ3v) is 6.06. The van der Waals surface area contributed by atoms with Gasteiger partial charge in [0.15, 0.2) is 0 Å². The molecule has 0 saturated carbocycles. The average molecular weight is 561 g/mol. The lowest BCUT2D eigenvalue weighted by atomic mass is 10.0. The topological polar surface area (TPSA) is 151 Å². The first-order valence-corrected chi connectivity index (χ1v) is 13.2. The maximum Gasteiger partial charge on any atom is 0.408 e. The van der Waals surface area contributed by atoms with Crippen molar-refractivity contribution in [1.82, 2.24) is 10.2 Å². The van der Waals surface area contributed by atoms with Crippen molar-refractivity contribution < 1.29 is 29.0 Å². The quantitative estimate of drug-likeness (QED) is 0.255. The minimum absolute atomic E-state index is 0.0186. The highest BCUT2D eigenvalue weighted by Crippen LogP contribution is 2.27. The van der Waals surface area contributed by atoms with Gasteiger partial charge in [0.05, 0.1) is 0 Å². The normalized spacial score (nSPS) is 12.6. The lowest BCUT2D eigenvalue weighted by Crippen LogP contribution is -2.52. The second-order valence-corrected chi connectivity index (χ2v) is 10.5. The molecule has 3 rings (SSSR count). The first kappa shape index (κ1) is 30.7. The van der Waals surface area contributed by atoms with Gasteiger partial charge in [0.1, 0.15) is 23.4 Å². The van der Waals surface area contributed by atoms with E-state index in [0.29, 0.717) is 11.3 Å². The molecule has 216 valence electrons. The van der Waals surface area contributed by atoms with Gasteiger partial charge in [-0.05, 0) is 67.8 Å². The molecule has 0 heterocycles. The number of carbonyl (C=O) groups excluding carboxylic acids is 4. The number of nitrogens with one attached hydrogen (secondary N) is 2. The molecule has 0 aliphatic rings. The molecule has 2 atom stereocenters. The number of rotatable bonds is 11. The maximum atomic E-state index is 14.0. The molecule has 0 fully saturated rings. The van der Waals surface area contributed by atoms with Crippen LogP contribution in [-0.2, 0) is 19.1 Å². The average Bonchev–Trinajstić information content (AvgIpc) is 2.90. The van der Waals surface area contributed by atoms with Crippen molar-refractivity contribution in [3.63, 3.8) is 0 Å². The highest BCUT2D eigenvalue weighted by Gasteiger charge is 2.36. The fourth-order valence-corrected chi connectivity index (χ4v) is 4.26. The Morgan fingerprint density at radius 3 is 2.29 bits per heavy atom. The molecular weight excluding hydrogens is 524 g/mol. The lowest BCUT2D eigenvalue weighted by Gasteiger charge is -2.34. The van der Waals surface area contributed by atoms with E-state index in [1.807, 2.05) is 36.4 Å². The van der Waals surface area contributed by atoms with Gasteiger partial charge in [-0.3, -0.25) is 14.4 Å². The number of nitrogens with two attached hydrogens (primary N) is 1. The number of alkyl carbamates (subject to hydrolysis) is 1. The molecule has 5 N–H and O–H groups in total. The van der Waals surface area contributed by atoms with E-state index in [-0.39, 0.29) is 25.1 Å². The number of fused-ring (bicyclic) bond motifs is 1. The second kappa shape index (κ2) is 13.5.